The summed E-state index contributed by atoms with van der Waals surface area (Å²) in [5, 5.41) is 8.88. The first kappa shape index (κ1) is 23.1. The maximum Gasteiger partial charge on any atom is 0.276 e. The average molecular weight is 472 g/mol. The van der Waals surface area contributed by atoms with E-state index in [0.29, 0.717) is 18.7 Å². The summed E-state index contributed by atoms with van der Waals surface area (Å²) in [6, 6.07) is 10.7. The van der Waals surface area contributed by atoms with E-state index >= 15 is 0 Å². The molecular formula is C23H26FN5O3S. The second-order valence-electron chi connectivity index (χ2n) is 8.22. The van der Waals surface area contributed by atoms with Crippen LogP contribution in [0.5, 0.6) is 0 Å². The molecule has 1 aliphatic rings. The molecule has 0 radical (unpaired) electrons. The minimum Gasteiger partial charge on any atom is -0.336 e. The fraction of sp³-hybridized carbons (Fsp3) is 0.348. The van der Waals surface area contributed by atoms with Crippen molar-refractivity contribution in [2.24, 2.45) is 0 Å². The Balaban J connectivity index is 1.51. The van der Waals surface area contributed by atoms with Crippen molar-refractivity contribution in [1.82, 2.24) is 24.2 Å². The summed E-state index contributed by atoms with van der Waals surface area (Å²) in [5.74, 6) is -0.768. The van der Waals surface area contributed by atoms with Gasteiger partial charge >= 0.3 is 0 Å². The van der Waals surface area contributed by atoms with Crippen LogP contribution in [-0.4, -0.2) is 64.7 Å². The quantitative estimate of drug-likeness (QED) is 0.584. The molecule has 0 aliphatic carbocycles. The van der Waals surface area contributed by atoms with Crippen LogP contribution in [0.3, 0.4) is 0 Å². The summed E-state index contributed by atoms with van der Waals surface area (Å²) in [7, 11) is -3.77. The molecule has 1 fully saturated rings. The Labute approximate surface area is 192 Å². The number of carbonyl (C=O) groups excluding carboxylic acids is 1. The van der Waals surface area contributed by atoms with Crippen LogP contribution in [0.4, 0.5) is 4.39 Å². The van der Waals surface area contributed by atoms with Crippen LogP contribution in [0.1, 0.15) is 33.7 Å². The highest BCUT2D eigenvalue weighted by Crippen LogP contribution is 2.20. The lowest BCUT2D eigenvalue weighted by Gasteiger charge is -2.21. The maximum atomic E-state index is 13.2. The zero-order valence-corrected chi connectivity index (χ0v) is 19.6. The number of halogens is 1. The van der Waals surface area contributed by atoms with Crippen molar-refractivity contribution in [3.05, 3.63) is 70.8 Å². The van der Waals surface area contributed by atoms with Gasteiger partial charge in [-0.25, -0.2) is 12.8 Å². The molecule has 0 saturated carbocycles. The van der Waals surface area contributed by atoms with E-state index in [1.807, 2.05) is 32.0 Å². The summed E-state index contributed by atoms with van der Waals surface area (Å²) < 4.78 is 40.4. The lowest BCUT2D eigenvalue weighted by molar-refractivity contribution is 0.0757. The Morgan fingerprint density at radius 2 is 1.67 bits per heavy atom. The van der Waals surface area contributed by atoms with Crippen molar-refractivity contribution < 1.29 is 17.6 Å². The van der Waals surface area contributed by atoms with Gasteiger partial charge in [0.2, 0.25) is 10.0 Å². The third kappa shape index (κ3) is 4.67. The normalized spacial score (nSPS) is 15.5. The highest BCUT2D eigenvalue weighted by Gasteiger charge is 2.30. The molecule has 1 aromatic heterocycles. The molecule has 0 atom stereocenters. The molecule has 174 valence electrons. The van der Waals surface area contributed by atoms with Gasteiger partial charge in [0.05, 0.1) is 16.3 Å². The first-order valence-corrected chi connectivity index (χ1v) is 12.2. The number of sulfonamides is 1. The zero-order chi connectivity index (χ0) is 23.8. The van der Waals surface area contributed by atoms with E-state index in [-0.39, 0.29) is 36.1 Å². The predicted octanol–water partition coefficient (Wildman–Crippen LogP) is 2.87. The van der Waals surface area contributed by atoms with Crippen molar-refractivity contribution >= 4 is 15.9 Å². The van der Waals surface area contributed by atoms with Crippen molar-refractivity contribution in [2.75, 3.05) is 26.2 Å². The molecule has 1 saturated heterocycles. The summed E-state index contributed by atoms with van der Waals surface area (Å²) in [6.45, 7) is 6.77. The number of carbonyl (C=O) groups is 1. The number of hydrogen-bond donors (Lipinski definition) is 0. The van der Waals surface area contributed by atoms with Crippen molar-refractivity contribution in [3.8, 4) is 5.69 Å². The largest absolute Gasteiger partial charge is 0.336 e. The average Bonchev–Trinajstić information content (AvgIpc) is 2.98. The van der Waals surface area contributed by atoms with Gasteiger partial charge in [0.1, 0.15) is 5.82 Å². The molecule has 0 bridgehead atoms. The Hall–Kier alpha value is -3.11. The van der Waals surface area contributed by atoms with Crippen molar-refractivity contribution in [2.45, 2.75) is 32.1 Å². The van der Waals surface area contributed by atoms with Crippen LogP contribution < -0.4 is 0 Å². The number of amides is 1. The minimum absolute atomic E-state index is 0.0379. The van der Waals surface area contributed by atoms with Crippen LogP contribution in [-0.2, 0) is 10.0 Å². The molecule has 8 nitrogen and oxygen atoms in total. The fourth-order valence-corrected chi connectivity index (χ4v) is 5.43. The number of aryl methyl sites for hydroxylation is 3. The number of benzene rings is 2. The monoisotopic (exact) mass is 471 g/mol. The molecule has 0 spiro atoms. The van der Waals surface area contributed by atoms with E-state index in [1.54, 1.807) is 11.8 Å². The molecule has 1 aliphatic heterocycles. The number of aromatic nitrogens is 3. The van der Waals surface area contributed by atoms with E-state index < -0.39 is 15.8 Å². The van der Waals surface area contributed by atoms with Gasteiger partial charge in [0.25, 0.3) is 5.91 Å². The van der Waals surface area contributed by atoms with Crippen LogP contribution >= 0.6 is 0 Å². The third-order valence-electron chi connectivity index (χ3n) is 5.75. The first-order chi connectivity index (χ1) is 15.7. The molecular weight excluding hydrogens is 445 g/mol. The highest BCUT2D eigenvalue weighted by molar-refractivity contribution is 7.89. The van der Waals surface area contributed by atoms with E-state index in [1.165, 1.54) is 21.2 Å². The summed E-state index contributed by atoms with van der Waals surface area (Å²) in [6.07, 6.45) is 0.483. The first-order valence-electron chi connectivity index (χ1n) is 10.7. The van der Waals surface area contributed by atoms with Crippen LogP contribution in [0, 0.1) is 26.6 Å². The van der Waals surface area contributed by atoms with Gasteiger partial charge < -0.3 is 4.90 Å². The topological polar surface area (TPSA) is 88.4 Å². The highest BCUT2D eigenvalue weighted by atomic mass is 32.2. The van der Waals surface area contributed by atoms with Crippen LogP contribution in [0.15, 0.2) is 47.4 Å². The van der Waals surface area contributed by atoms with E-state index in [4.69, 9.17) is 0 Å². The van der Waals surface area contributed by atoms with Crippen LogP contribution in [0.25, 0.3) is 5.69 Å². The fourth-order valence-electron chi connectivity index (χ4n) is 3.96. The van der Waals surface area contributed by atoms with E-state index in [9.17, 15) is 17.6 Å². The lowest BCUT2D eigenvalue weighted by atomic mass is 10.1. The Kier molecular flexibility index (Phi) is 6.31. The van der Waals surface area contributed by atoms with Crippen molar-refractivity contribution in [3.63, 3.8) is 0 Å². The lowest BCUT2D eigenvalue weighted by Crippen LogP contribution is -2.37. The summed E-state index contributed by atoms with van der Waals surface area (Å²) in [5.41, 5.74) is 3.70. The van der Waals surface area contributed by atoms with Gasteiger partial charge in [-0.3, -0.25) is 4.79 Å². The smallest absolute Gasteiger partial charge is 0.276 e. The van der Waals surface area contributed by atoms with Gasteiger partial charge in [0.15, 0.2) is 5.69 Å². The number of nitrogens with zero attached hydrogens (tertiary/aromatic N) is 5. The van der Waals surface area contributed by atoms with Gasteiger partial charge in [-0.2, -0.15) is 14.2 Å². The molecule has 10 heteroatoms. The third-order valence-corrected chi connectivity index (χ3v) is 7.66. The molecule has 4 rings (SSSR count). The van der Waals surface area contributed by atoms with Gasteiger partial charge in [0, 0.05) is 26.2 Å². The molecule has 0 unspecified atom stereocenters. The second-order valence-corrected chi connectivity index (χ2v) is 10.2. The Morgan fingerprint density at radius 3 is 2.36 bits per heavy atom. The van der Waals surface area contributed by atoms with Gasteiger partial charge in [-0.05, 0) is 63.1 Å². The van der Waals surface area contributed by atoms with Gasteiger partial charge in [-0.15, -0.1) is 5.10 Å². The zero-order valence-electron chi connectivity index (χ0n) is 18.8. The van der Waals surface area contributed by atoms with Gasteiger partial charge in [-0.1, -0.05) is 17.7 Å². The van der Waals surface area contributed by atoms with E-state index in [2.05, 4.69) is 10.2 Å². The molecule has 2 aromatic carbocycles. The second kappa shape index (κ2) is 9.03. The number of hydrogen-bond acceptors (Lipinski definition) is 5. The number of rotatable bonds is 4. The minimum atomic E-state index is -3.77. The molecule has 3 aromatic rings. The standard InChI is InChI=1S/C23H26FN5O3S/c1-16-5-10-21(17(2)15-16)29-25-18(3)22(26-29)23(30)27-11-4-12-28(14-13-27)33(31,32)20-8-6-19(24)7-9-20/h5-10,15H,4,11-14H2,1-3H3. The predicted molar refractivity (Wildman–Crippen MR) is 121 cm³/mol. The maximum absolute atomic E-state index is 13.2. The Bertz CT molecular complexity index is 1290. The summed E-state index contributed by atoms with van der Waals surface area (Å²) in [4.78, 5) is 16.3. The molecule has 2 heterocycles. The molecule has 33 heavy (non-hydrogen) atoms. The molecule has 1 amide bonds. The van der Waals surface area contributed by atoms with E-state index in [0.717, 1.165) is 28.9 Å². The van der Waals surface area contributed by atoms with Crippen molar-refractivity contribution in [1.29, 1.82) is 0 Å². The molecule has 0 N–H and O–H groups in total. The van der Waals surface area contributed by atoms with Crippen LogP contribution in [0.2, 0.25) is 0 Å². The SMILES string of the molecule is Cc1ccc(-n2nc(C)c(C(=O)N3CCCN(S(=O)(=O)c4ccc(F)cc4)CC3)n2)c(C)c1. The summed E-state index contributed by atoms with van der Waals surface area (Å²) >= 11 is 0. The Morgan fingerprint density at radius 1 is 0.939 bits per heavy atom.